The second-order valence-corrected chi connectivity index (χ2v) is 3.12. The Morgan fingerprint density at radius 1 is 1.19 bits per heavy atom. The summed E-state index contributed by atoms with van der Waals surface area (Å²) in [5.41, 5.74) is -2.08. The molecule has 1 N–H and O–H groups in total. The summed E-state index contributed by atoms with van der Waals surface area (Å²) in [6.07, 6.45) is -3.78. The van der Waals surface area contributed by atoms with Crippen LogP contribution in [0, 0.1) is 0 Å². The van der Waals surface area contributed by atoms with E-state index in [-0.39, 0.29) is 5.56 Å². The van der Waals surface area contributed by atoms with Crippen LogP contribution in [0.1, 0.15) is 5.56 Å². The third kappa shape index (κ3) is 1.52. The van der Waals surface area contributed by atoms with E-state index in [1.54, 1.807) is 0 Å². The second kappa shape index (κ2) is 3.26. The highest BCUT2D eigenvalue weighted by atomic mass is 19.4. The van der Waals surface area contributed by atoms with Crippen LogP contribution in [-0.4, -0.2) is 5.11 Å². The zero-order valence-electron chi connectivity index (χ0n) is 7.71. The molecule has 84 valence electrons. The molecule has 0 aromatic rings. The van der Waals surface area contributed by atoms with E-state index >= 15 is 0 Å². The first kappa shape index (κ1) is 10.5. The Morgan fingerprint density at radius 3 is 2.50 bits per heavy atom. The number of phenolic OH excluding ortho intramolecular Hbond substituents is 1. The van der Waals surface area contributed by atoms with E-state index in [2.05, 4.69) is 0 Å². The van der Waals surface area contributed by atoms with Crippen LogP contribution >= 0.6 is 0 Å². The zero-order chi connectivity index (χ0) is 11.9. The van der Waals surface area contributed by atoms with Gasteiger partial charge in [0.2, 0.25) is 11.2 Å². The van der Waals surface area contributed by atoms with Crippen LogP contribution in [0.15, 0.2) is 33.7 Å². The molecule has 0 unspecified atom stereocenters. The lowest BCUT2D eigenvalue weighted by molar-refractivity contribution is -0.137. The van der Waals surface area contributed by atoms with Gasteiger partial charge in [0.05, 0.1) is 11.8 Å². The molecule has 6 heteroatoms. The molecule has 0 saturated carbocycles. The molecule has 0 radical (unpaired) electrons. The lowest BCUT2D eigenvalue weighted by Gasteiger charge is -2.13. The van der Waals surface area contributed by atoms with Gasteiger partial charge in [-0.3, -0.25) is 4.79 Å². The maximum absolute atomic E-state index is 12.5. The standard InChI is InChI=1S/C10H5F3O3/c11-10(12,13)6-3-4-16-9-5(6)1-2-7(14)8(9)15/h1-4,15H. The van der Waals surface area contributed by atoms with Crippen LogP contribution in [0.3, 0.4) is 0 Å². The van der Waals surface area contributed by atoms with Crippen LogP contribution in [0.25, 0.3) is 11.3 Å². The van der Waals surface area contributed by atoms with Crippen LogP contribution < -0.4 is 5.43 Å². The SMILES string of the molecule is O=c1ccc2c(C(F)(F)F)ccoc-2c1O. The van der Waals surface area contributed by atoms with Gasteiger partial charge in [-0.05, 0) is 18.2 Å². The minimum Gasteiger partial charge on any atom is -0.502 e. The van der Waals surface area contributed by atoms with Gasteiger partial charge in [-0.1, -0.05) is 0 Å². The molecule has 0 aromatic carbocycles. The summed E-state index contributed by atoms with van der Waals surface area (Å²) in [6.45, 7) is 0. The van der Waals surface area contributed by atoms with Crippen LogP contribution in [-0.2, 0) is 6.18 Å². The number of hydrogen-bond acceptors (Lipinski definition) is 3. The van der Waals surface area contributed by atoms with E-state index < -0.39 is 28.7 Å². The normalized spacial score (nSPS) is 11.9. The molecule has 3 nitrogen and oxygen atoms in total. The van der Waals surface area contributed by atoms with Crippen molar-refractivity contribution in [2.24, 2.45) is 0 Å². The van der Waals surface area contributed by atoms with Gasteiger partial charge < -0.3 is 9.52 Å². The maximum Gasteiger partial charge on any atom is 0.417 e. The fourth-order valence-corrected chi connectivity index (χ4v) is 1.39. The topological polar surface area (TPSA) is 50.4 Å². The molecule has 2 rings (SSSR count). The van der Waals surface area contributed by atoms with E-state index in [9.17, 15) is 23.1 Å². The minimum atomic E-state index is -4.56. The molecular weight excluding hydrogens is 225 g/mol. The van der Waals surface area contributed by atoms with Gasteiger partial charge in [-0.15, -0.1) is 0 Å². The average molecular weight is 230 g/mol. The minimum absolute atomic E-state index is 0.341. The molecule has 1 aliphatic heterocycles. The molecule has 1 heterocycles. The van der Waals surface area contributed by atoms with Crippen molar-refractivity contribution in [2.75, 3.05) is 0 Å². The molecule has 0 aromatic heterocycles. The van der Waals surface area contributed by atoms with Gasteiger partial charge in [0.25, 0.3) is 0 Å². The lowest BCUT2D eigenvalue weighted by atomic mass is 10.0. The Bertz CT molecular complexity index is 556. The Kier molecular flexibility index (Phi) is 2.15. The molecule has 0 amide bonds. The van der Waals surface area contributed by atoms with Gasteiger partial charge in [-0.25, -0.2) is 0 Å². The fraction of sp³-hybridized carbons (Fsp3) is 0.100. The first-order valence-corrected chi connectivity index (χ1v) is 4.22. The summed E-state index contributed by atoms with van der Waals surface area (Å²) in [4.78, 5) is 11.0. The Balaban J connectivity index is 2.82. The smallest absolute Gasteiger partial charge is 0.417 e. The summed E-state index contributed by atoms with van der Waals surface area (Å²) < 4.78 is 42.4. The quantitative estimate of drug-likeness (QED) is 0.756. The number of fused-ring (bicyclic) bond motifs is 1. The molecule has 16 heavy (non-hydrogen) atoms. The van der Waals surface area contributed by atoms with Gasteiger partial charge in [0, 0.05) is 5.56 Å². The lowest BCUT2D eigenvalue weighted by Crippen LogP contribution is -2.09. The first-order valence-electron chi connectivity index (χ1n) is 4.22. The highest BCUT2D eigenvalue weighted by Gasteiger charge is 2.35. The molecule has 0 fully saturated rings. The molecule has 0 bridgehead atoms. The Labute approximate surface area is 87.1 Å². The van der Waals surface area contributed by atoms with Crippen molar-refractivity contribution in [1.82, 2.24) is 0 Å². The number of rotatable bonds is 0. The number of aromatic hydroxyl groups is 1. The average Bonchev–Trinajstić information content (AvgIpc) is 2.21. The van der Waals surface area contributed by atoms with Gasteiger partial charge in [-0.2, -0.15) is 13.2 Å². The fourth-order valence-electron chi connectivity index (χ4n) is 1.39. The predicted octanol–water partition coefficient (Wildman–Crippen LogP) is 2.47. The molecule has 0 atom stereocenters. The third-order valence-electron chi connectivity index (χ3n) is 2.11. The molecular formula is C10H5F3O3. The number of halogens is 3. The monoisotopic (exact) mass is 230 g/mol. The highest BCUT2D eigenvalue weighted by Crippen LogP contribution is 2.39. The summed E-state index contributed by atoms with van der Waals surface area (Å²) in [5, 5.41) is 9.27. The van der Waals surface area contributed by atoms with E-state index in [1.165, 1.54) is 0 Å². The Hall–Kier alpha value is -1.98. The molecule has 2 aliphatic rings. The largest absolute Gasteiger partial charge is 0.502 e. The van der Waals surface area contributed by atoms with Gasteiger partial charge in [0.1, 0.15) is 0 Å². The summed E-state index contributed by atoms with van der Waals surface area (Å²) in [7, 11) is 0. The van der Waals surface area contributed by atoms with Crippen molar-refractivity contribution in [2.45, 2.75) is 6.18 Å². The maximum atomic E-state index is 12.5. The van der Waals surface area contributed by atoms with Crippen molar-refractivity contribution in [3.63, 3.8) is 0 Å². The van der Waals surface area contributed by atoms with Crippen molar-refractivity contribution in [3.05, 3.63) is 40.2 Å². The van der Waals surface area contributed by atoms with Crippen molar-refractivity contribution in [3.8, 4) is 17.1 Å². The summed E-state index contributed by atoms with van der Waals surface area (Å²) in [5.74, 6) is -1.27. The number of hydrogen-bond donors (Lipinski definition) is 1. The van der Waals surface area contributed by atoms with E-state index in [4.69, 9.17) is 4.42 Å². The van der Waals surface area contributed by atoms with E-state index in [0.717, 1.165) is 24.5 Å². The molecule has 0 spiro atoms. The summed E-state index contributed by atoms with van der Waals surface area (Å²) >= 11 is 0. The Morgan fingerprint density at radius 2 is 1.88 bits per heavy atom. The van der Waals surface area contributed by atoms with Crippen LogP contribution in [0.4, 0.5) is 13.2 Å². The second-order valence-electron chi connectivity index (χ2n) is 3.12. The number of benzene rings is 1. The van der Waals surface area contributed by atoms with E-state index in [0.29, 0.717) is 0 Å². The highest BCUT2D eigenvalue weighted by molar-refractivity contribution is 5.69. The molecule has 1 aliphatic carbocycles. The molecule has 0 saturated heterocycles. The number of alkyl halides is 3. The van der Waals surface area contributed by atoms with Crippen molar-refractivity contribution < 1.29 is 22.7 Å². The number of phenols is 1. The summed E-state index contributed by atoms with van der Waals surface area (Å²) in [6, 6.07) is 2.58. The van der Waals surface area contributed by atoms with Gasteiger partial charge in [0.15, 0.2) is 5.76 Å². The van der Waals surface area contributed by atoms with Gasteiger partial charge >= 0.3 is 6.18 Å². The van der Waals surface area contributed by atoms with Crippen molar-refractivity contribution in [1.29, 1.82) is 0 Å². The zero-order valence-corrected chi connectivity index (χ0v) is 7.71. The third-order valence-corrected chi connectivity index (χ3v) is 2.11. The van der Waals surface area contributed by atoms with Crippen LogP contribution in [0.2, 0.25) is 0 Å². The van der Waals surface area contributed by atoms with E-state index in [1.807, 2.05) is 0 Å². The predicted molar refractivity (Wildman–Crippen MR) is 48.3 cm³/mol. The first-order chi connectivity index (χ1) is 7.41. The van der Waals surface area contributed by atoms with Crippen LogP contribution in [0.5, 0.6) is 5.75 Å². The van der Waals surface area contributed by atoms with Crippen molar-refractivity contribution >= 4 is 0 Å².